The first-order valence-corrected chi connectivity index (χ1v) is 7.16. The highest BCUT2D eigenvalue weighted by Gasteiger charge is 2.25. The zero-order valence-electron chi connectivity index (χ0n) is 11.3. The van der Waals surface area contributed by atoms with Gasteiger partial charge >= 0.3 is 0 Å². The van der Waals surface area contributed by atoms with Gasteiger partial charge in [-0.15, -0.1) is 18.2 Å². The van der Waals surface area contributed by atoms with Crippen molar-refractivity contribution in [2.45, 2.75) is 37.1 Å². The van der Waals surface area contributed by atoms with Gasteiger partial charge in [0.1, 0.15) is 5.54 Å². The molecule has 1 aromatic heterocycles. The highest BCUT2D eigenvalue weighted by atomic mass is 32.2. The van der Waals surface area contributed by atoms with Crippen molar-refractivity contribution in [1.82, 2.24) is 10.3 Å². The predicted octanol–water partition coefficient (Wildman–Crippen LogP) is 2.06. The number of carbonyl (C=O) groups is 1. The van der Waals surface area contributed by atoms with Crippen LogP contribution in [0.5, 0.6) is 0 Å². The molecule has 0 aromatic carbocycles. The minimum Gasteiger partial charge on any atom is -0.397 e. The molecule has 0 aliphatic carbocycles. The quantitative estimate of drug-likeness (QED) is 0.617. The molecule has 3 N–H and O–H groups in total. The smallest absolute Gasteiger partial charge is 0.231 e. The van der Waals surface area contributed by atoms with E-state index in [9.17, 15) is 4.79 Å². The molecule has 0 unspecified atom stereocenters. The molecule has 102 valence electrons. The van der Waals surface area contributed by atoms with E-state index in [1.165, 1.54) is 11.8 Å². The van der Waals surface area contributed by atoms with E-state index in [0.29, 0.717) is 18.5 Å². The Bertz CT molecular complexity index is 478. The highest BCUT2D eigenvalue weighted by Crippen LogP contribution is 2.23. The lowest BCUT2D eigenvalue weighted by Crippen LogP contribution is -2.47. The van der Waals surface area contributed by atoms with Crippen LogP contribution >= 0.6 is 11.8 Å². The lowest BCUT2D eigenvalue weighted by Gasteiger charge is -2.26. The van der Waals surface area contributed by atoms with E-state index in [4.69, 9.17) is 12.2 Å². The maximum Gasteiger partial charge on any atom is 0.231 e. The number of nitrogens with one attached hydrogen (secondary N) is 1. The van der Waals surface area contributed by atoms with Gasteiger partial charge in [-0.2, -0.15) is 0 Å². The Morgan fingerprint density at radius 2 is 2.26 bits per heavy atom. The van der Waals surface area contributed by atoms with Crippen LogP contribution < -0.4 is 11.1 Å². The summed E-state index contributed by atoms with van der Waals surface area (Å²) in [5.74, 6) is 2.89. The maximum atomic E-state index is 11.9. The minimum atomic E-state index is -0.540. The van der Waals surface area contributed by atoms with E-state index in [0.717, 1.165) is 4.90 Å². The molecule has 0 aliphatic rings. The van der Waals surface area contributed by atoms with Gasteiger partial charge in [-0.25, -0.2) is 0 Å². The second-order valence-electron chi connectivity index (χ2n) is 4.18. The third-order valence-electron chi connectivity index (χ3n) is 3.03. The molecule has 19 heavy (non-hydrogen) atoms. The Morgan fingerprint density at radius 1 is 1.58 bits per heavy atom. The fourth-order valence-corrected chi connectivity index (χ4v) is 2.37. The van der Waals surface area contributed by atoms with Gasteiger partial charge in [-0.1, -0.05) is 19.8 Å². The molecule has 1 amide bonds. The summed E-state index contributed by atoms with van der Waals surface area (Å²) in [6.45, 7) is 3.94. The van der Waals surface area contributed by atoms with Crippen molar-refractivity contribution in [2.24, 2.45) is 0 Å². The highest BCUT2D eigenvalue weighted by molar-refractivity contribution is 8.00. The van der Waals surface area contributed by atoms with Crippen LogP contribution in [0.3, 0.4) is 0 Å². The first-order chi connectivity index (χ1) is 9.06. The molecule has 1 aromatic rings. The summed E-state index contributed by atoms with van der Waals surface area (Å²) in [5.41, 5.74) is 5.80. The Hall–Kier alpha value is -1.67. The summed E-state index contributed by atoms with van der Waals surface area (Å²) in [4.78, 5) is 16.7. The summed E-state index contributed by atoms with van der Waals surface area (Å²) in [6, 6.07) is 1.79. The zero-order chi connectivity index (χ0) is 14.3. The predicted molar refractivity (Wildman–Crippen MR) is 79.7 cm³/mol. The van der Waals surface area contributed by atoms with Crippen LogP contribution in [0.1, 0.15) is 26.7 Å². The van der Waals surface area contributed by atoms with Crippen LogP contribution in [0.2, 0.25) is 0 Å². The van der Waals surface area contributed by atoms with E-state index in [1.54, 1.807) is 18.5 Å². The van der Waals surface area contributed by atoms with E-state index in [1.807, 2.05) is 13.8 Å². The SMILES string of the molecule is C#CC(CC)(CC)NC(=O)CSc1ccncc1N. The van der Waals surface area contributed by atoms with Gasteiger partial charge in [0, 0.05) is 11.1 Å². The number of thioether (sulfide) groups is 1. The van der Waals surface area contributed by atoms with Gasteiger partial charge in [-0.05, 0) is 18.9 Å². The number of hydrogen-bond acceptors (Lipinski definition) is 4. The topological polar surface area (TPSA) is 68.0 Å². The van der Waals surface area contributed by atoms with Gasteiger partial charge in [0.05, 0.1) is 17.6 Å². The van der Waals surface area contributed by atoms with Gasteiger partial charge in [0.25, 0.3) is 0 Å². The van der Waals surface area contributed by atoms with Crippen molar-refractivity contribution in [1.29, 1.82) is 0 Å². The van der Waals surface area contributed by atoms with Gasteiger partial charge < -0.3 is 11.1 Å². The van der Waals surface area contributed by atoms with Crippen LogP contribution in [-0.4, -0.2) is 22.2 Å². The summed E-state index contributed by atoms with van der Waals surface area (Å²) >= 11 is 1.38. The molecule has 0 saturated carbocycles. The molecule has 0 saturated heterocycles. The largest absolute Gasteiger partial charge is 0.397 e. The van der Waals surface area contributed by atoms with Crippen molar-refractivity contribution in [3.63, 3.8) is 0 Å². The van der Waals surface area contributed by atoms with Crippen molar-refractivity contribution in [3.8, 4) is 12.3 Å². The Kier molecular flexibility index (Phi) is 5.71. The lowest BCUT2D eigenvalue weighted by molar-refractivity contribution is -0.119. The monoisotopic (exact) mass is 277 g/mol. The van der Waals surface area contributed by atoms with E-state index in [2.05, 4.69) is 16.2 Å². The summed E-state index contributed by atoms with van der Waals surface area (Å²) < 4.78 is 0. The lowest BCUT2D eigenvalue weighted by atomic mass is 9.94. The molecule has 0 spiro atoms. The Balaban J connectivity index is 2.58. The van der Waals surface area contributed by atoms with E-state index < -0.39 is 5.54 Å². The second-order valence-corrected chi connectivity index (χ2v) is 5.20. The summed E-state index contributed by atoms with van der Waals surface area (Å²) in [6.07, 6.45) is 10.2. The molecular weight excluding hydrogens is 258 g/mol. The summed E-state index contributed by atoms with van der Waals surface area (Å²) in [5, 5.41) is 2.92. The van der Waals surface area contributed by atoms with Crippen LogP contribution in [-0.2, 0) is 4.79 Å². The average Bonchev–Trinajstić information content (AvgIpc) is 2.44. The Morgan fingerprint density at radius 3 is 2.79 bits per heavy atom. The molecular formula is C14H19N3OS. The first kappa shape index (κ1) is 15.4. The van der Waals surface area contributed by atoms with Crippen molar-refractivity contribution >= 4 is 23.4 Å². The van der Waals surface area contributed by atoms with Gasteiger partial charge in [0.15, 0.2) is 0 Å². The van der Waals surface area contributed by atoms with Crippen LogP contribution in [0.15, 0.2) is 23.4 Å². The van der Waals surface area contributed by atoms with Crippen molar-refractivity contribution < 1.29 is 4.79 Å². The number of rotatable bonds is 6. The molecule has 4 nitrogen and oxygen atoms in total. The van der Waals surface area contributed by atoms with Crippen LogP contribution in [0.25, 0.3) is 0 Å². The molecule has 0 atom stereocenters. The van der Waals surface area contributed by atoms with Crippen molar-refractivity contribution in [2.75, 3.05) is 11.5 Å². The van der Waals surface area contributed by atoms with E-state index in [-0.39, 0.29) is 11.7 Å². The number of carbonyl (C=O) groups excluding carboxylic acids is 1. The normalized spacial score (nSPS) is 10.8. The molecule has 5 heteroatoms. The van der Waals surface area contributed by atoms with E-state index >= 15 is 0 Å². The Labute approximate surface area is 118 Å². The van der Waals surface area contributed by atoms with Crippen molar-refractivity contribution in [3.05, 3.63) is 18.5 Å². The number of nitrogen functional groups attached to an aromatic ring is 1. The fraction of sp³-hybridized carbons (Fsp3) is 0.429. The van der Waals surface area contributed by atoms with Gasteiger partial charge in [0.2, 0.25) is 5.91 Å². The molecule has 0 radical (unpaired) electrons. The summed E-state index contributed by atoms with van der Waals surface area (Å²) in [7, 11) is 0. The molecule has 0 aliphatic heterocycles. The van der Waals surface area contributed by atoms with Crippen LogP contribution in [0.4, 0.5) is 5.69 Å². The van der Waals surface area contributed by atoms with Crippen LogP contribution in [0, 0.1) is 12.3 Å². The zero-order valence-corrected chi connectivity index (χ0v) is 12.1. The third-order valence-corrected chi connectivity index (χ3v) is 4.12. The number of amides is 1. The number of pyridine rings is 1. The second kappa shape index (κ2) is 7.05. The standard InChI is InChI=1S/C14H19N3OS/c1-4-14(5-2,6-3)17-13(18)10-19-12-7-8-16-9-11(12)15/h1,7-9H,5-6,10,15H2,2-3H3,(H,17,18). The maximum absolute atomic E-state index is 11.9. The number of hydrogen-bond donors (Lipinski definition) is 2. The molecule has 1 rings (SSSR count). The fourth-order valence-electron chi connectivity index (χ4n) is 1.64. The minimum absolute atomic E-state index is 0.0807. The number of nitrogens with zero attached hydrogens (tertiary/aromatic N) is 1. The number of nitrogens with two attached hydrogens (primary N) is 1. The number of anilines is 1. The third kappa shape index (κ3) is 4.18. The molecule has 0 bridgehead atoms. The number of terminal acetylenes is 1. The first-order valence-electron chi connectivity index (χ1n) is 6.18. The molecule has 1 heterocycles. The molecule has 0 fully saturated rings. The number of aromatic nitrogens is 1. The van der Waals surface area contributed by atoms with Gasteiger partial charge in [-0.3, -0.25) is 9.78 Å². The average molecular weight is 277 g/mol.